The van der Waals surface area contributed by atoms with Crippen molar-refractivity contribution in [2.45, 2.75) is 32.5 Å². The van der Waals surface area contributed by atoms with Gasteiger partial charge in [-0.2, -0.15) is 13.2 Å². The molecule has 15 heavy (non-hydrogen) atoms. The lowest BCUT2D eigenvalue weighted by Crippen LogP contribution is -2.46. The van der Waals surface area contributed by atoms with Crippen LogP contribution in [0.25, 0.3) is 0 Å². The van der Waals surface area contributed by atoms with Crippen LogP contribution >= 0.6 is 0 Å². The van der Waals surface area contributed by atoms with Gasteiger partial charge in [-0.15, -0.1) is 0 Å². The summed E-state index contributed by atoms with van der Waals surface area (Å²) in [7, 11) is 1.56. The third-order valence-electron chi connectivity index (χ3n) is 1.84. The Morgan fingerprint density at radius 2 is 1.87 bits per heavy atom. The van der Waals surface area contributed by atoms with E-state index in [2.05, 4.69) is 5.32 Å². The van der Waals surface area contributed by atoms with Crippen molar-refractivity contribution in [1.82, 2.24) is 10.6 Å². The number of likely N-dealkylation sites (N-methyl/N-ethyl adjacent to an activating group) is 1. The van der Waals surface area contributed by atoms with Crippen LogP contribution in [0, 0.1) is 5.92 Å². The Hall–Kier alpha value is -0.780. The molecule has 0 fully saturated rings. The summed E-state index contributed by atoms with van der Waals surface area (Å²) < 4.78 is 35.4. The first-order valence-corrected chi connectivity index (χ1v) is 4.78. The van der Waals surface area contributed by atoms with Gasteiger partial charge in [-0.3, -0.25) is 4.79 Å². The van der Waals surface area contributed by atoms with Crippen molar-refractivity contribution in [1.29, 1.82) is 0 Å². The molecule has 6 heteroatoms. The SMILES string of the molecule is CNC(CC(C)C)C(=O)NCC(F)(F)F. The highest BCUT2D eigenvalue weighted by molar-refractivity contribution is 5.81. The molecule has 0 rings (SSSR count). The summed E-state index contributed by atoms with van der Waals surface area (Å²) in [5, 5.41) is 4.54. The minimum Gasteiger partial charge on any atom is -0.346 e. The number of rotatable bonds is 5. The molecule has 1 unspecified atom stereocenters. The lowest BCUT2D eigenvalue weighted by molar-refractivity contribution is -0.139. The molecule has 0 aromatic heterocycles. The average Bonchev–Trinajstić information content (AvgIpc) is 2.08. The van der Waals surface area contributed by atoms with Gasteiger partial charge in [0, 0.05) is 0 Å². The summed E-state index contributed by atoms with van der Waals surface area (Å²) in [6.45, 7) is 2.53. The topological polar surface area (TPSA) is 41.1 Å². The van der Waals surface area contributed by atoms with Crippen LogP contribution in [-0.4, -0.2) is 31.7 Å². The molecule has 0 aromatic rings. The van der Waals surface area contributed by atoms with Crippen molar-refractivity contribution in [3.05, 3.63) is 0 Å². The van der Waals surface area contributed by atoms with Crippen LogP contribution in [0.3, 0.4) is 0 Å². The van der Waals surface area contributed by atoms with E-state index in [9.17, 15) is 18.0 Å². The van der Waals surface area contributed by atoms with Crippen molar-refractivity contribution in [3.63, 3.8) is 0 Å². The van der Waals surface area contributed by atoms with Gasteiger partial charge in [0.15, 0.2) is 0 Å². The van der Waals surface area contributed by atoms with Crippen molar-refractivity contribution in [2.75, 3.05) is 13.6 Å². The predicted molar refractivity (Wildman–Crippen MR) is 51.4 cm³/mol. The summed E-state index contributed by atoms with van der Waals surface area (Å²) in [5.41, 5.74) is 0. The number of carbonyl (C=O) groups excluding carboxylic acids is 1. The molecular formula is C9H17F3N2O. The number of alkyl halides is 3. The second-order valence-electron chi connectivity index (χ2n) is 3.80. The van der Waals surface area contributed by atoms with E-state index in [0.717, 1.165) is 0 Å². The third-order valence-corrected chi connectivity index (χ3v) is 1.84. The molecule has 0 aromatic carbocycles. The molecule has 0 bridgehead atoms. The maximum absolute atomic E-state index is 11.8. The van der Waals surface area contributed by atoms with Crippen LogP contribution in [0.2, 0.25) is 0 Å². The predicted octanol–water partition coefficient (Wildman–Crippen LogP) is 1.30. The number of hydrogen-bond acceptors (Lipinski definition) is 2. The largest absolute Gasteiger partial charge is 0.405 e. The van der Waals surface area contributed by atoms with E-state index in [1.165, 1.54) is 0 Å². The molecular weight excluding hydrogens is 209 g/mol. The van der Waals surface area contributed by atoms with Crippen LogP contribution in [-0.2, 0) is 4.79 Å². The fourth-order valence-corrected chi connectivity index (χ4v) is 1.14. The summed E-state index contributed by atoms with van der Waals surface area (Å²) in [4.78, 5) is 11.3. The fourth-order valence-electron chi connectivity index (χ4n) is 1.14. The zero-order chi connectivity index (χ0) is 12.1. The Balaban J connectivity index is 4.05. The van der Waals surface area contributed by atoms with E-state index >= 15 is 0 Å². The number of carbonyl (C=O) groups is 1. The van der Waals surface area contributed by atoms with E-state index in [1.807, 2.05) is 19.2 Å². The third kappa shape index (κ3) is 7.18. The van der Waals surface area contributed by atoms with Gasteiger partial charge in [0.05, 0.1) is 6.04 Å². The average molecular weight is 226 g/mol. The van der Waals surface area contributed by atoms with Crippen molar-refractivity contribution in [3.8, 4) is 0 Å². The standard InChI is InChI=1S/C9H17F3N2O/c1-6(2)4-7(13-3)8(15)14-5-9(10,11)12/h6-7,13H,4-5H2,1-3H3,(H,14,15). The molecule has 0 radical (unpaired) electrons. The van der Waals surface area contributed by atoms with Gasteiger partial charge in [-0.05, 0) is 19.4 Å². The molecule has 0 heterocycles. The Labute approximate surface area is 87.4 Å². The number of amides is 1. The monoisotopic (exact) mass is 226 g/mol. The molecule has 0 spiro atoms. The van der Waals surface area contributed by atoms with Gasteiger partial charge >= 0.3 is 6.18 Å². The van der Waals surface area contributed by atoms with E-state index < -0.39 is 24.7 Å². The van der Waals surface area contributed by atoms with Gasteiger partial charge in [-0.1, -0.05) is 13.8 Å². The van der Waals surface area contributed by atoms with Crippen LogP contribution in [0.1, 0.15) is 20.3 Å². The first-order chi connectivity index (χ1) is 6.76. The molecule has 0 aliphatic rings. The molecule has 0 saturated heterocycles. The fraction of sp³-hybridized carbons (Fsp3) is 0.889. The maximum atomic E-state index is 11.8. The van der Waals surface area contributed by atoms with Gasteiger partial charge in [-0.25, -0.2) is 0 Å². The van der Waals surface area contributed by atoms with Crippen LogP contribution in [0.15, 0.2) is 0 Å². The lowest BCUT2D eigenvalue weighted by atomic mass is 10.0. The molecule has 0 aliphatic carbocycles. The minimum atomic E-state index is -4.36. The summed E-state index contributed by atoms with van der Waals surface area (Å²) in [6, 6.07) is -0.563. The van der Waals surface area contributed by atoms with Crippen LogP contribution < -0.4 is 10.6 Å². The Kier molecular flexibility index (Phi) is 5.64. The Morgan fingerprint density at radius 1 is 1.33 bits per heavy atom. The van der Waals surface area contributed by atoms with Gasteiger partial charge in [0.25, 0.3) is 0 Å². The van der Waals surface area contributed by atoms with E-state index in [-0.39, 0.29) is 5.92 Å². The van der Waals surface area contributed by atoms with Crippen molar-refractivity contribution >= 4 is 5.91 Å². The Bertz CT molecular complexity index is 204. The van der Waals surface area contributed by atoms with Crippen molar-refractivity contribution < 1.29 is 18.0 Å². The molecule has 1 atom stereocenters. The zero-order valence-corrected chi connectivity index (χ0v) is 9.11. The van der Waals surface area contributed by atoms with E-state index in [4.69, 9.17) is 0 Å². The number of halogens is 3. The van der Waals surface area contributed by atoms with Crippen LogP contribution in [0.5, 0.6) is 0 Å². The Morgan fingerprint density at radius 3 is 2.20 bits per heavy atom. The summed E-state index contributed by atoms with van der Waals surface area (Å²) in [6.07, 6.45) is -3.84. The second kappa shape index (κ2) is 5.95. The molecule has 0 saturated carbocycles. The summed E-state index contributed by atoms with van der Waals surface area (Å²) in [5.74, 6) is -0.359. The normalized spacial score (nSPS) is 14.1. The number of hydrogen-bond donors (Lipinski definition) is 2. The quantitative estimate of drug-likeness (QED) is 0.742. The highest BCUT2D eigenvalue weighted by Crippen LogP contribution is 2.12. The highest BCUT2D eigenvalue weighted by Gasteiger charge is 2.29. The van der Waals surface area contributed by atoms with Gasteiger partial charge < -0.3 is 10.6 Å². The number of nitrogens with one attached hydrogen (secondary N) is 2. The molecule has 3 nitrogen and oxygen atoms in total. The van der Waals surface area contributed by atoms with E-state index in [0.29, 0.717) is 6.42 Å². The smallest absolute Gasteiger partial charge is 0.346 e. The van der Waals surface area contributed by atoms with Crippen molar-refractivity contribution in [2.24, 2.45) is 5.92 Å². The first kappa shape index (κ1) is 14.2. The summed E-state index contributed by atoms with van der Waals surface area (Å²) >= 11 is 0. The zero-order valence-electron chi connectivity index (χ0n) is 9.11. The van der Waals surface area contributed by atoms with Gasteiger partial charge in [0.2, 0.25) is 5.91 Å². The molecule has 90 valence electrons. The first-order valence-electron chi connectivity index (χ1n) is 4.78. The molecule has 0 aliphatic heterocycles. The maximum Gasteiger partial charge on any atom is 0.405 e. The van der Waals surface area contributed by atoms with Gasteiger partial charge in [0.1, 0.15) is 6.54 Å². The molecule has 2 N–H and O–H groups in total. The highest BCUT2D eigenvalue weighted by atomic mass is 19.4. The van der Waals surface area contributed by atoms with Crippen LogP contribution in [0.4, 0.5) is 13.2 Å². The molecule has 1 amide bonds. The minimum absolute atomic E-state index is 0.249. The van der Waals surface area contributed by atoms with E-state index in [1.54, 1.807) is 7.05 Å². The lowest BCUT2D eigenvalue weighted by Gasteiger charge is -2.18. The second-order valence-corrected chi connectivity index (χ2v) is 3.80.